The molecule has 98 valence electrons. The van der Waals surface area contributed by atoms with Gasteiger partial charge in [0.05, 0.1) is 0 Å². The third kappa shape index (κ3) is 12.4. The first-order valence-corrected chi connectivity index (χ1v) is 5.26. The highest BCUT2D eigenvalue weighted by Crippen LogP contribution is 2.09. The Bertz CT molecular complexity index is 319. The number of hydrogen-bond donors (Lipinski definition) is 1. The summed E-state index contributed by atoms with van der Waals surface area (Å²) in [6, 6.07) is 0. The molecule has 0 spiro atoms. The van der Waals surface area contributed by atoms with Gasteiger partial charge >= 0.3 is 11.9 Å². The highest BCUT2D eigenvalue weighted by molar-refractivity contribution is 5.87. The van der Waals surface area contributed by atoms with Crippen molar-refractivity contribution < 1.29 is 19.4 Å². The second-order valence-corrected chi connectivity index (χ2v) is 4.56. The average Bonchev–Trinajstić information content (AvgIpc) is 2.14. The van der Waals surface area contributed by atoms with Gasteiger partial charge in [0.15, 0.2) is 0 Å². The largest absolute Gasteiger partial charge is 0.478 e. The van der Waals surface area contributed by atoms with E-state index in [0.717, 1.165) is 0 Å². The van der Waals surface area contributed by atoms with Crippen molar-refractivity contribution in [1.29, 1.82) is 0 Å². The van der Waals surface area contributed by atoms with Gasteiger partial charge in [-0.2, -0.15) is 0 Å². The molecule has 0 aliphatic heterocycles. The molecular weight excluding hydrogens is 220 g/mol. The van der Waals surface area contributed by atoms with Crippen molar-refractivity contribution in [1.82, 2.24) is 0 Å². The fraction of sp³-hybridized carbons (Fsp3) is 0.538. The first-order chi connectivity index (χ1) is 7.51. The first kappa shape index (κ1) is 17.8. The minimum Gasteiger partial charge on any atom is -0.478 e. The molecule has 0 saturated carbocycles. The molecule has 0 aliphatic rings. The van der Waals surface area contributed by atoms with Crippen LogP contribution in [0.2, 0.25) is 0 Å². The molecule has 0 rings (SSSR count). The molecular formula is C13H22O4. The van der Waals surface area contributed by atoms with Gasteiger partial charge in [0.25, 0.3) is 0 Å². The Morgan fingerprint density at radius 2 is 1.65 bits per heavy atom. The van der Waals surface area contributed by atoms with Crippen LogP contribution in [0.25, 0.3) is 0 Å². The summed E-state index contributed by atoms with van der Waals surface area (Å²) in [5.41, 5.74) is 0.422. The van der Waals surface area contributed by atoms with E-state index in [1.54, 1.807) is 26.8 Å². The molecule has 4 heteroatoms. The maximum absolute atomic E-state index is 10.8. The monoisotopic (exact) mass is 242 g/mol. The summed E-state index contributed by atoms with van der Waals surface area (Å²) in [6.07, 6.45) is 1.56. The molecule has 0 saturated heterocycles. The van der Waals surface area contributed by atoms with Crippen molar-refractivity contribution in [2.75, 3.05) is 0 Å². The normalized spacial score (nSPS) is 11.1. The minimum atomic E-state index is -0.845. The number of allylic oxidation sites excluding steroid dienone is 1. The fourth-order valence-electron chi connectivity index (χ4n) is 0.489. The number of esters is 1. The lowest BCUT2D eigenvalue weighted by atomic mass is 10.2. The van der Waals surface area contributed by atoms with Crippen LogP contribution in [0, 0.1) is 0 Å². The third-order valence-corrected chi connectivity index (χ3v) is 1.52. The Kier molecular flexibility index (Phi) is 8.02. The highest BCUT2D eigenvalue weighted by atomic mass is 16.6. The summed E-state index contributed by atoms with van der Waals surface area (Å²) >= 11 is 0. The standard InChI is InChI=1S/C8H14O2.C5H8O2/c1-6(2)7(9)10-8(3,4)5;1-3-4(2)5(6)7/h1H2,2-5H3;3H,1-2H3,(H,6,7). The number of ether oxygens (including phenoxy) is 1. The molecule has 0 aromatic carbocycles. The number of carbonyl (C=O) groups is 2. The summed E-state index contributed by atoms with van der Waals surface area (Å²) in [4.78, 5) is 20.7. The van der Waals surface area contributed by atoms with E-state index in [9.17, 15) is 9.59 Å². The SMILES string of the molecule is C=C(C)C(=O)OC(C)(C)C.CC=C(C)C(=O)O. The number of rotatable bonds is 2. The van der Waals surface area contributed by atoms with E-state index in [4.69, 9.17) is 9.84 Å². The maximum atomic E-state index is 10.8. The van der Waals surface area contributed by atoms with E-state index >= 15 is 0 Å². The molecule has 1 N–H and O–H groups in total. The molecule has 0 amide bonds. The zero-order valence-corrected chi connectivity index (χ0v) is 11.5. The summed E-state index contributed by atoms with van der Waals surface area (Å²) in [6.45, 7) is 13.8. The van der Waals surface area contributed by atoms with Crippen molar-refractivity contribution >= 4 is 11.9 Å². The summed E-state index contributed by atoms with van der Waals surface area (Å²) in [7, 11) is 0. The molecule has 0 aromatic heterocycles. The maximum Gasteiger partial charge on any atom is 0.333 e. The quantitative estimate of drug-likeness (QED) is 0.597. The average molecular weight is 242 g/mol. The molecule has 0 bridgehead atoms. The number of carbonyl (C=O) groups excluding carboxylic acids is 1. The molecule has 0 atom stereocenters. The van der Waals surface area contributed by atoms with Crippen LogP contribution in [0.15, 0.2) is 23.8 Å². The summed E-state index contributed by atoms with van der Waals surface area (Å²) < 4.78 is 4.96. The lowest BCUT2D eigenvalue weighted by molar-refractivity contribution is -0.149. The molecule has 0 aromatic rings. The number of carboxylic acids is 1. The Hall–Kier alpha value is -1.58. The Morgan fingerprint density at radius 1 is 1.24 bits per heavy atom. The molecule has 0 heterocycles. The van der Waals surface area contributed by atoms with Gasteiger partial charge in [0, 0.05) is 11.1 Å². The highest BCUT2D eigenvalue weighted by Gasteiger charge is 2.15. The second kappa shape index (κ2) is 7.65. The summed E-state index contributed by atoms with van der Waals surface area (Å²) in [5.74, 6) is -1.17. The second-order valence-electron chi connectivity index (χ2n) is 4.56. The first-order valence-electron chi connectivity index (χ1n) is 5.26. The zero-order valence-electron chi connectivity index (χ0n) is 11.5. The molecule has 17 heavy (non-hydrogen) atoms. The molecule has 0 aliphatic carbocycles. The minimum absolute atomic E-state index is 0.326. The fourth-order valence-corrected chi connectivity index (χ4v) is 0.489. The van der Waals surface area contributed by atoms with Crippen LogP contribution in [0.5, 0.6) is 0 Å². The van der Waals surface area contributed by atoms with E-state index in [0.29, 0.717) is 11.1 Å². The van der Waals surface area contributed by atoms with Crippen LogP contribution < -0.4 is 0 Å². The number of carboxylic acid groups (broad SMARTS) is 1. The van der Waals surface area contributed by atoms with Crippen LogP contribution in [-0.4, -0.2) is 22.6 Å². The van der Waals surface area contributed by atoms with Crippen LogP contribution in [0.3, 0.4) is 0 Å². The Labute approximate surface area is 103 Å². The van der Waals surface area contributed by atoms with Gasteiger partial charge in [-0.25, -0.2) is 9.59 Å². The summed E-state index contributed by atoms with van der Waals surface area (Å²) in [5, 5.41) is 8.11. The van der Waals surface area contributed by atoms with E-state index in [1.807, 2.05) is 20.8 Å². The zero-order chi connectivity index (χ0) is 14.2. The van der Waals surface area contributed by atoms with Gasteiger partial charge in [-0.05, 0) is 41.5 Å². The van der Waals surface area contributed by atoms with Crippen molar-refractivity contribution in [2.45, 2.75) is 47.1 Å². The molecule has 0 unspecified atom stereocenters. The Balaban J connectivity index is 0. The van der Waals surface area contributed by atoms with Crippen molar-refractivity contribution in [2.24, 2.45) is 0 Å². The lowest BCUT2D eigenvalue weighted by Crippen LogP contribution is -2.23. The van der Waals surface area contributed by atoms with Gasteiger partial charge in [-0.15, -0.1) is 0 Å². The van der Waals surface area contributed by atoms with E-state index in [1.165, 1.54) is 0 Å². The van der Waals surface area contributed by atoms with Crippen LogP contribution in [-0.2, 0) is 14.3 Å². The van der Waals surface area contributed by atoms with Gasteiger partial charge < -0.3 is 9.84 Å². The topological polar surface area (TPSA) is 63.6 Å². The van der Waals surface area contributed by atoms with E-state index < -0.39 is 11.6 Å². The molecule has 4 nitrogen and oxygen atoms in total. The molecule has 0 radical (unpaired) electrons. The van der Waals surface area contributed by atoms with Crippen molar-refractivity contribution in [3.63, 3.8) is 0 Å². The molecule has 0 fully saturated rings. The smallest absolute Gasteiger partial charge is 0.333 e. The van der Waals surface area contributed by atoms with Crippen LogP contribution in [0.4, 0.5) is 0 Å². The van der Waals surface area contributed by atoms with Gasteiger partial charge in [0.1, 0.15) is 5.60 Å². The van der Waals surface area contributed by atoms with Crippen molar-refractivity contribution in [3.05, 3.63) is 23.8 Å². The van der Waals surface area contributed by atoms with Crippen molar-refractivity contribution in [3.8, 4) is 0 Å². The van der Waals surface area contributed by atoms with Crippen LogP contribution in [0.1, 0.15) is 41.5 Å². The lowest BCUT2D eigenvalue weighted by Gasteiger charge is -2.19. The van der Waals surface area contributed by atoms with Gasteiger partial charge in [-0.1, -0.05) is 12.7 Å². The number of hydrogen-bond acceptors (Lipinski definition) is 3. The number of aliphatic carboxylic acids is 1. The third-order valence-electron chi connectivity index (χ3n) is 1.52. The van der Waals surface area contributed by atoms with Gasteiger partial charge in [-0.3, -0.25) is 0 Å². The predicted molar refractivity (Wildman–Crippen MR) is 67.7 cm³/mol. The van der Waals surface area contributed by atoms with Gasteiger partial charge in [0.2, 0.25) is 0 Å². The van der Waals surface area contributed by atoms with E-state index in [2.05, 4.69) is 6.58 Å². The Morgan fingerprint density at radius 3 is 1.71 bits per heavy atom. The van der Waals surface area contributed by atoms with E-state index in [-0.39, 0.29) is 5.97 Å². The predicted octanol–water partition coefficient (Wildman–Crippen LogP) is 2.94. The van der Waals surface area contributed by atoms with Crippen LogP contribution >= 0.6 is 0 Å².